The molecule has 1 N–H and O–H groups in total. The van der Waals surface area contributed by atoms with Crippen molar-refractivity contribution in [2.24, 2.45) is 0 Å². The number of halogens is 1. The molecule has 2 aromatic heterocycles. The highest BCUT2D eigenvalue weighted by molar-refractivity contribution is 6.33. The van der Waals surface area contributed by atoms with E-state index in [0.717, 1.165) is 11.3 Å². The van der Waals surface area contributed by atoms with Crippen LogP contribution in [0.2, 0.25) is 5.02 Å². The van der Waals surface area contributed by atoms with E-state index in [1.165, 1.54) is 0 Å². The lowest BCUT2D eigenvalue weighted by molar-refractivity contribution is 0.192. The van der Waals surface area contributed by atoms with Gasteiger partial charge in [-0.3, -0.25) is 0 Å². The molecular formula is C10H11ClN2O. The van der Waals surface area contributed by atoms with Crippen LogP contribution in [0.15, 0.2) is 24.5 Å². The molecule has 74 valence electrons. The zero-order valence-electron chi connectivity index (χ0n) is 7.81. The van der Waals surface area contributed by atoms with E-state index in [1.807, 2.05) is 22.7 Å². The van der Waals surface area contributed by atoms with E-state index < -0.39 is 0 Å². The first-order valence-electron chi connectivity index (χ1n) is 4.47. The Morgan fingerprint density at radius 1 is 1.64 bits per heavy atom. The minimum Gasteiger partial charge on any atom is -0.393 e. The number of imidazole rings is 1. The second kappa shape index (κ2) is 3.59. The van der Waals surface area contributed by atoms with E-state index in [2.05, 4.69) is 4.98 Å². The van der Waals surface area contributed by atoms with Crippen LogP contribution in [0, 0.1) is 0 Å². The van der Waals surface area contributed by atoms with E-state index in [1.54, 1.807) is 13.1 Å². The van der Waals surface area contributed by atoms with Gasteiger partial charge in [-0.15, -0.1) is 0 Å². The molecule has 1 unspecified atom stereocenters. The number of aromatic nitrogens is 2. The van der Waals surface area contributed by atoms with E-state index in [4.69, 9.17) is 11.6 Å². The Bertz CT molecular complexity index is 450. The van der Waals surface area contributed by atoms with Crippen LogP contribution >= 0.6 is 11.6 Å². The number of nitrogens with zero attached hydrogens (tertiary/aromatic N) is 2. The van der Waals surface area contributed by atoms with Gasteiger partial charge < -0.3 is 9.51 Å². The fraction of sp³-hybridized carbons (Fsp3) is 0.300. The first-order chi connectivity index (χ1) is 6.68. The monoisotopic (exact) mass is 210 g/mol. The smallest absolute Gasteiger partial charge is 0.115 e. The maximum Gasteiger partial charge on any atom is 0.115 e. The van der Waals surface area contributed by atoms with Crippen molar-refractivity contribution < 1.29 is 5.11 Å². The Labute approximate surface area is 87.0 Å². The number of rotatable bonds is 2. The normalized spacial score (nSPS) is 13.4. The predicted octanol–water partition coefficient (Wildman–Crippen LogP) is 1.91. The van der Waals surface area contributed by atoms with Crippen molar-refractivity contribution in [1.29, 1.82) is 0 Å². The number of pyridine rings is 1. The van der Waals surface area contributed by atoms with Gasteiger partial charge >= 0.3 is 0 Å². The summed E-state index contributed by atoms with van der Waals surface area (Å²) >= 11 is 5.98. The average molecular weight is 211 g/mol. The minimum atomic E-state index is -0.389. The summed E-state index contributed by atoms with van der Waals surface area (Å²) in [7, 11) is 0. The summed E-state index contributed by atoms with van der Waals surface area (Å²) in [4.78, 5) is 4.21. The first kappa shape index (κ1) is 9.49. The SMILES string of the molecule is CC(O)Cc1ncc2c(Cl)cccn12. The molecule has 0 amide bonds. The third kappa shape index (κ3) is 1.61. The predicted molar refractivity (Wildman–Crippen MR) is 55.6 cm³/mol. The zero-order chi connectivity index (χ0) is 10.1. The highest BCUT2D eigenvalue weighted by Gasteiger charge is 2.07. The Hall–Kier alpha value is -1.06. The van der Waals surface area contributed by atoms with Gasteiger partial charge in [-0.25, -0.2) is 4.98 Å². The quantitative estimate of drug-likeness (QED) is 0.822. The van der Waals surface area contributed by atoms with Gasteiger partial charge in [0.2, 0.25) is 0 Å². The number of fused-ring (bicyclic) bond motifs is 1. The number of aliphatic hydroxyl groups excluding tert-OH is 1. The lowest BCUT2D eigenvalue weighted by atomic mass is 10.3. The topological polar surface area (TPSA) is 37.5 Å². The van der Waals surface area contributed by atoms with Crippen LogP contribution in [-0.2, 0) is 6.42 Å². The molecule has 2 rings (SSSR count). The van der Waals surface area contributed by atoms with Crippen LogP contribution in [0.25, 0.3) is 5.52 Å². The van der Waals surface area contributed by atoms with Crippen LogP contribution in [0.4, 0.5) is 0 Å². The summed E-state index contributed by atoms with van der Waals surface area (Å²) in [6.45, 7) is 1.74. The van der Waals surface area contributed by atoms with Gasteiger partial charge in [-0.2, -0.15) is 0 Å². The fourth-order valence-corrected chi connectivity index (χ4v) is 1.67. The van der Waals surface area contributed by atoms with Crippen molar-refractivity contribution in [3.8, 4) is 0 Å². The van der Waals surface area contributed by atoms with Gasteiger partial charge in [0.25, 0.3) is 0 Å². The molecule has 1 atom stereocenters. The second-order valence-electron chi connectivity index (χ2n) is 3.34. The molecule has 0 aromatic carbocycles. The third-order valence-corrected chi connectivity index (χ3v) is 2.39. The summed E-state index contributed by atoms with van der Waals surface area (Å²) in [6, 6.07) is 3.69. The van der Waals surface area contributed by atoms with Crippen LogP contribution in [0.3, 0.4) is 0 Å². The Morgan fingerprint density at radius 3 is 3.14 bits per heavy atom. The molecule has 0 aliphatic heterocycles. The van der Waals surface area contributed by atoms with E-state index >= 15 is 0 Å². The molecule has 0 saturated carbocycles. The maximum atomic E-state index is 9.27. The molecule has 2 heterocycles. The minimum absolute atomic E-state index is 0.389. The van der Waals surface area contributed by atoms with Gasteiger partial charge in [0.05, 0.1) is 22.8 Å². The van der Waals surface area contributed by atoms with Crippen molar-refractivity contribution in [2.45, 2.75) is 19.4 Å². The second-order valence-corrected chi connectivity index (χ2v) is 3.75. The summed E-state index contributed by atoms with van der Waals surface area (Å²) in [5.41, 5.74) is 0.879. The van der Waals surface area contributed by atoms with Gasteiger partial charge in [0, 0.05) is 12.6 Å². The van der Waals surface area contributed by atoms with Gasteiger partial charge in [0.15, 0.2) is 0 Å². The Kier molecular flexibility index (Phi) is 2.44. The molecule has 0 saturated heterocycles. The van der Waals surface area contributed by atoms with Gasteiger partial charge in [0.1, 0.15) is 5.82 Å². The van der Waals surface area contributed by atoms with E-state index in [9.17, 15) is 5.11 Å². The number of hydrogen-bond acceptors (Lipinski definition) is 2. The molecule has 0 spiro atoms. The Balaban J connectivity index is 2.52. The maximum absolute atomic E-state index is 9.27. The molecule has 14 heavy (non-hydrogen) atoms. The zero-order valence-corrected chi connectivity index (χ0v) is 8.57. The standard InChI is InChI=1S/C10H11ClN2O/c1-7(14)5-10-12-6-9-8(11)3-2-4-13(9)10/h2-4,6-7,14H,5H2,1H3. The highest BCUT2D eigenvalue weighted by atomic mass is 35.5. The molecule has 4 heteroatoms. The third-order valence-electron chi connectivity index (χ3n) is 2.07. The largest absolute Gasteiger partial charge is 0.393 e. The molecule has 2 aromatic rings. The summed E-state index contributed by atoms with van der Waals surface area (Å²) in [5.74, 6) is 0.831. The fourth-order valence-electron chi connectivity index (χ4n) is 1.46. The van der Waals surface area contributed by atoms with Crippen LogP contribution in [-0.4, -0.2) is 20.6 Å². The van der Waals surface area contributed by atoms with Crippen molar-refractivity contribution in [2.75, 3.05) is 0 Å². The summed E-state index contributed by atoms with van der Waals surface area (Å²) in [6.07, 6.45) is 3.76. The molecule has 0 radical (unpaired) electrons. The molecule has 0 aliphatic rings. The van der Waals surface area contributed by atoms with E-state index in [-0.39, 0.29) is 6.10 Å². The van der Waals surface area contributed by atoms with Crippen molar-refractivity contribution in [1.82, 2.24) is 9.38 Å². The average Bonchev–Trinajstić information content (AvgIpc) is 2.49. The highest BCUT2D eigenvalue weighted by Crippen LogP contribution is 2.18. The van der Waals surface area contributed by atoms with Gasteiger partial charge in [-0.05, 0) is 19.1 Å². The van der Waals surface area contributed by atoms with Crippen molar-refractivity contribution in [3.63, 3.8) is 0 Å². The van der Waals surface area contributed by atoms with Crippen LogP contribution in [0.5, 0.6) is 0 Å². The van der Waals surface area contributed by atoms with Gasteiger partial charge in [-0.1, -0.05) is 11.6 Å². The molecule has 0 aliphatic carbocycles. The first-order valence-corrected chi connectivity index (χ1v) is 4.85. The molecule has 3 nitrogen and oxygen atoms in total. The number of aliphatic hydroxyl groups is 1. The Morgan fingerprint density at radius 2 is 2.43 bits per heavy atom. The summed E-state index contributed by atoms with van der Waals surface area (Å²) < 4.78 is 1.90. The van der Waals surface area contributed by atoms with Crippen molar-refractivity contribution in [3.05, 3.63) is 35.4 Å². The lowest BCUT2D eigenvalue weighted by Gasteiger charge is -2.03. The molecular weight excluding hydrogens is 200 g/mol. The summed E-state index contributed by atoms with van der Waals surface area (Å²) in [5, 5.41) is 9.94. The van der Waals surface area contributed by atoms with Crippen molar-refractivity contribution >= 4 is 17.1 Å². The van der Waals surface area contributed by atoms with Crippen LogP contribution < -0.4 is 0 Å². The van der Waals surface area contributed by atoms with Crippen LogP contribution in [0.1, 0.15) is 12.7 Å². The number of hydrogen-bond donors (Lipinski definition) is 1. The van der Waals surface area contributed by atoms with E-state index in [0.29, 0.717) is 11.4 Å². The molecule has 0 fully saturated rings. The molecule has 0 bridgehead atoms. The lowest BCUT2D eigenvalue weighted by Crippen LogP contribution is -2.07.